The van der Waals surface area contributed by atoms with Gasteiger partial charge in [-0.25, -0.2) is 8.42 Å². The van der Waals surface area contributed by atoms with Crippen LogP contribution in [0, 0.1) is 0 Å². The Morgan fingerprint density at radius 1 is 1.32 bits per heavy atom. The van der Waals surface area contributed by atoms with Crippen LogP contribution in [0.5, 0.6) is 0 Å². The highest BCUT2D eigenvalue weighted by Gasteiger charge is 2.32. The van der Waals surface area contributed by atoms with Gasteiger partial charge in [0.15, 0.2) is 0 Å². The van der Waals surface area contributed by atoms with Crippen molar-refractivity contribution in [2.75, 3.05) is 13.1 Å². The smallest absolute Gasteiger partial charge is 0.246 e. The molecule has 1 saturated heterocycles. The molecule has 2 N–H and O–H groups in total. The average Bonchev–Trinajstić information content (AvgIpc) is 2.26. The third-order valence-electron chi connectivity index (χ3n) is 2.98. The first-order chi connectivity index (χ1) is 8.82. The molecule has 1 fully saturated rings. The molecule has 1 aromatic rings. The molecule has 1 aliphatic rings. The molecule has 1 atom stereocenters. The molecular weight excluding hydrogens is 375 g/mol. The minimum absolute atomic E-state index is 0.0480. The van der Waals surface area contributed by atoms with E-state index in [0.29, 0.717) is 17.6 Å². The van der Waals surface area contributed by atoms with Crippen molar-refractivity contribution in [3.05, 3.63) is 26.7 Å². The summed E-state index contributed by atoms with van der Waals surface area (Å²) in [5, 5.41) is 0.219. The van der Waals surface area contributed by atoms with E-state index in [1.165, 1.54) is 16.4 Å². The first kappa shape index (κ1) is 15.5. The number of sulfonamides is 1. The molecule has 19 heavy (non-hydrogen) atoms. The van der Waals surface area contributed by atoms with Crippen LogP contribution in [-0.2, 0) is 10.0 Å². The zero-order valence-corrected chi connectivity index (χ0v) is 13.9. The lowest BCUT2D eigenvalue weighted by Crippen LogP contribution is -2.45. The number of piperidine rings is 1. The van der Waals surface area contributed by atoms with Gasteiger partial charge in [-0.05, 0) is 25.0 Å². The quantitative estimate of drug-likeness (QED) is 0.848. The van der Waals surface area contributed by atoms with E-state index >= 15 is 0 Å². The van der Waals surface area contributed by atoms with Gasteiger partial charge in [0, 0.05) is 23.6 Å². The Hall–Kier alpha value is 0.150. The Bertz CT molecular complexity index is 571. The van der Waals surface area contributed by atoms with E-state index < -0.39 is 10.0 Å². The summed E-state index contributed by atoms with van der Waals surface area (Å²) in [6.07, 6.45) is 1.57. The predicted octanol–water partition coefficient (Wildman–Crippen LogP) is 2.87. The predicted molar refractivity (Wildman–Crippen MR) is 80.1 cm³/mol. The van der Waals surface area contributed by atoms with Crippen molar-refractivity contribution in [2.24, 2.45) is 5.73 Å². The van der Waals surface area contributed by atoms with Gasteiger partial charge in [0.2, 0.25) is 10.0 Å². The molecule has 1 aliphatic heterocycles. The highest BCUT2D eigenvalue weighted by molar-refractivity contribution is 9.10. The number of hydrogen-bond donors (Lipinski definition) is 1. The number of hydrogen-bond acceptors (Lipinski definition) is 3. The van der Waals surface area contributed by atoms with Crippen LogP contribution in [0.2, 0.25) is 10.0 Å². The maximum absolute atomic E-state index is 12.6. The normalized spacial score (nSPS) is 21.6. The fourth-order valence-electron chi connectivity index (χ4n) is 2.10. The number of nitrogens with zero attached hydrogens (tertiary/aromatic N) is 1. The first-order valence-corrected chi connectivity index (χ1v) is 8.71. The van der Waals surface area contributed by atoms with Crippen molar-refractivity contribution in [1.82, 2.24) is 4.31 Å². The van der Waals surface area contributed by atoms with E-state index in [2.05, 4.69) is 15.9 Å². The molecule has 106 valence electrons. The summed E-state index contributed by atoms with van der Waals surface area (Å²) in [7, 11) is -3.70. The number of rotatable bonds is 2. The third-order valence-corrected chi connectivity index (χ3v) is 6.23. The van der Waals surface area contributed by atoms with E-state index in [9.17, 15) is 8.42 Å². The Morgan fingerprint density at radius 2 is 1.89 bits per heavy atom. The van der Waals surface area contributed by atoms with Crippen LogP contribution in [0.1, 0.15) is 12.8 Å². The standard InChI is InChI=1S/C11H13BrCl2N2O2S/c12-7-4-9(13)11(10(14)5-7)19(17,18)16-3-1-2-8(15)6-16/h4-5,8H,1-3,6,15H2. The second-order valence-electron chi connectivity index (χ2n) is 4.46. The van der Waals surface area contributed by atoms with Gasteiger partial charge in [-0.15, -0.1) is 0 Å². The van der Waals surface area contributed by atoms with Crippen molar-refractivity contribution >= 4 is 49.2 Å². The Labute approximate surface area is 131 Å². The van der Waals surface area contributed by atoms with Crippen LogP contribution in [0.25, 0.3) is 0 Å². The minimum Gasteiger partial charge on any atom is -0.327 e. The van der Waals surface area contributed by atoms with Crippen LogP contribution in [0.3, 0.4) is 0 Å². The molecule has 4 nitrogen and oxygen atoms in total. The largest absolute Gasteiger partial charge is 0.327 e. The molecule has 0 aromatic heterocycles. The summed E-state index contributed by atoms with van der Waals surface area (Å²) in [4.78, 5) is -0.0480. The lowest BCUT2D eigenvalue weighted by molar-refractivity contribution is 0.316. The van der Waals surface area contributed by atoms with Crippen molar-refractivity contribution in [1.29, 1.82) is 0 Å². The monoisotopic (exact) mass is 386 g/mol. The van der Waals surface area contributed by atoms with Crippen molar-refractivity contribution in [2.45, 2.75) is 23.8 Å². The maximum atomic E-state index is 12.6. The van der Waals surface area contributed by atoms with Gasteiger partial charge in [0.1, 0.15) is 4.90 Å². The van der Waals surface area contributed by atoms with E-state index in [-0.39, 0.29) is 21.0 Å². The summed E-state index contributed by atoms with van der Waals surface area (Å²) >= 11 is 15.3. The fraction of sp³-hybridized carbons (Fsp3) is 0.455. The van der Waals surface area contributed by atoms with Crippen molar-refractivity contribution < 1.29 is 8.42 Å². The summed E-state index contributed by atoms with van der Waals surface area (Å²) in [6.45, 7) is 0.740. The first-order valence-electron chi connectivity index (χ1n) is 5.72. The second-order valence-corrected chi connectivity index (χ2v) is 8.07. The van der Waals surface area contributed by atoms with Gasteiger partial charge in [0.05, 0.1) is 10.0 Å². The average molecular weight is 388 g/mol. The maximum Gasteiger partial charge on any atom is 0.246 e. The molecule has 1 unspecified atom stereocenters. The van der Waals surface area contributed by atoms with Gasteiger partial charge >= 0.3 is 0 Å². The molecule has 0 saturated carbocycles. The molecule has 0 aliphatic carbocycles. The van der Waals surface area contributed by atoms with Crippen LogP contribution in [0.4, 0.5) is 0 Å². The summed E-state index contributed by atoms with van der Waals surface area (Å²) < 4.78 is 27.1. The van der Waals surface area contributed by atoms with Crippen LogP contribution in [-0.4, -0.2) is 31.9 Å². The Balaban J connectivity index is 2.45. The van der Waals surface area contributed by atoms with Crippen LogP contribution >= 0.6 is 39.1 Å². The van der Waals surface area contributed by atoms with E-state index in [1.807, 2.05) is 0 Å². The van der Waals surface area contributed by atoms with Crippen molar-refractivity contribution in [3.63, 3.8) is 0 Å². The van der Waals surface area contributed by atoms with Gasteiger partial charge in [0.25, 0.3) is 0 Å². The highest BCUT2D eigenvalue weighted by Crippen LogP contribution is 2.35. The second kappa shape index (κ2) is 5.87. The van der Waals surface area contributed by atoms with E-state index in [1.54, 1.807) is 0 Å². The fourth-order valence-corrected chi connectivity index (χ4v) is 5.52. The van der Waals surface area contributed by atoms with E-state index in [0.717, 1.165) is 12.8 Å². The Kier molecular flexibility index (Phi) is 4.80. The summed E-state index contributed by atoms with van der Waals surface area (Å²) in [6, 6.07) is 2.89. The van der Waals surface area contributed by atoms with Crippen LogP contribution < -0.4 is 5.73 Å². The van der Waals surface area contributed by atoms with Gasteiger partial charge in [-0.3, -0.25) is 0 Å². The third kappa shape index (κ3) is 3.25. The molecule has 2 rings (SSSR count). The lowest BCUT2D eigenvalue weighted by Gasteiger charge is -2.30. The number of benzene rings is 1. The van der Waals surface area contributed by atoms with Crippen LogP contribution in [0.15, 0.2) is 21.5 Å². The summed E-state index contributed by atoms with van der Waals surface area (Å²) in [5.74, 6) is 0. The SMILES string of the molecule is NC1CCCN(S(=O)(=O)c2c(Cl)cc(Br)cc2Cl)C1. The molecule has 8 heteroatoms. The molecule has 0 amide bonds. The topological polar surface area (TPSA) is 63.4 Å². The highest BCUT2D eigenvalue weighted by atomic mass is 79.9. The zero-order valence-electron chi connectivity index (χ0n) is 9.94. The van der Waals surface area contributed by atoms with Gasteiger partial charge in [-0.1, -0.05) is 39.1 Å². The molecular formula is C11H13BrCl2N2O2S. The molecule has 0 spiro atoms. The zero-order chi connectivity index (χ0) is 14.2. The van der Waals surface area contributed by atoms with Gasteiger partial charge in [-0.2, -0.15) is 4.31 Å². The van der Waals surface area contributed by atoms with E-state index in [4.69, 9.17) is 28.9 Å². The number of nitrogens with two attached hydrogens (primary N) is 1. The van der Waals surface area contributed by atoms with Gasteiger partial charge < -0.3 is 5.73 Å². The number of halogens is 3. The molecule has 0 bridgehead atoms. The summed E-state index contributed by atoms with van der Waals surface area (Å²) in [5.41, 5.74) is 5.82. The van der Waals surface area contributed by atoms with Crippen molar-refractivity contribution in [3.8, 4) is 0 Å². The molecule has 1 aromatic carbocycles. The lowest BCUT2D eigenvalue weighted by atomic mass is 10.1. The molecule has 1 heterocycles. The molecule has 0 radical (unpaired) electrons. The minimum atomic E-state index is -3.70. The Morgan fingerprint density at radius 3 is 2.42 bits per heavy atom.